The van der Waals surface area contributed by atoms with E-state index in [1.54, 1.807) is 0 Å². The van der Waals surface area contributed by atoms with Gasteiger partial charge in [0.05, 0.1) is 6.07 Å². The Hall–Kier alpha value is -3.14. The molecule has 0 saturated carbocycles. The standard InChI is InChI=1S/C23H23N3O/c1-4-26(5-2)19-10-12-21-23(15-19)27-22-14-18(9-11-20(22)25-21)24-17-8-6-7-16(3)13-17/h6-15H,4-5H2,1-3H3/p+1. The van der Waals surface area contributed by atoms with Crippen molar-refractivity contribution < 1.29 is 4.42 Å². The van der Waals surface area contributed by atoms with Gasteiger partial charge in [0.1, 0.15) is 24.3 Å². The van der Waals surface area contributed by atoms with Crippen LogP contribution in [0.1, 0.15) is 19.4 Å². The zero-order chi connectivity index (χ0) is 18.8. The van der Waals surface area contributed by atoms with Crippen LogP contribution in [0.5, 0.6) is 0 Å². The number of nitrogens with zero attached hydrogens (tertiary/aromatic N) is 2. The van der Waals surface area contributed by atoms with Crippen LogP contribution in [0.3, 0.4) is 0 Å². The van der Waals surface area contributed by atoms with E-state index in [0.29, 0.717) is 0 Å². The molecule has 4 nitrogen and oxygen atoms in total. The number of nitrogens with one attached hydrogen (secondary N) is 1. The van der Waals surface area contributed by atoms with Crippen molar-refractivity contribution in [3.8, 4) is 11.5 Å². The fraction of sp³-hybridized carbons (Fsp3) is 0.217. The van der Waals surface area contributed by atoms with Crippen LogP contribution in [-0.4, -0.2) is 18.1 Å². The highest BCUT2D eigenvalue weighted by atomic mass is 16.3. The Morgan fingerprint density at radius 2 is 1.74 bits per heavy atom. The van der Waals surface area contributed by atoms with Gasteiger partial charge in [-0.05, 0) is 56.7 Å². The second-order valence-electron chi connectivity index (χ2n) is 6.72. The highest BCUT2D eigenvalue weighted by Crippen LogP contribution is 2.27. The van der Waals surface area contributed by atoms with Crippen LogP contribution in [0.15, 0.2) is 65.1 Å². The molecule has 0 aromatic heterocycles. The molecule has 0 amide bonds. The molecular weight excluding hydrogens is 334 g/mol. The van der Waals surface area contributed by atoms with Gasteiger partial charge in [-0.25, -0.2) is 9.56 Å². The van der Waals surface area contributed by atoms with Crippen LogP contribution in [0, 0.1) is 6.92 Å². The van der Waals surface area contributed by atoms with Gasteiger partial charge in [0.2, 0.25) is 5.36 Å². The molecule has 0 fully saturated rings. The Kier molecular flexibility index (Phi) is 4.63. The molecular formula is C23H24N3O+. The van der Waals surface area contributed by atoms with Gasteiger partial charge in [-0.2, -0.15) is 0 Å². The Labute approximate surface area is 159 Å². The number of rotatable bonds is 4. The predicted octanol–water partition coefficient (Wildman–Crippen LogP) is 4.80. The van der Waals surface area contributed by atoms with Crippen LogP contribution < -0.4 is 15.2 Å². The van der Waals surface area contributed by atoms with Crippen LogP contribution >= 0.6 is 0 Å². The van der Waals surface area contributed by atoms with Gasteiger partial charge < -0.3 is 9.73 Å². The van der Waals surface area contributed by atoms with Crippen molar-refractivity contribution in [1.82, 2.24) is 9.56 Å². The normalized spacial score (nSPS) is 11.1. The molecule has 1 aliphatic heterocycles. The summed E-state index contributed by atoms with van der Waals surface area (Å²) in [6.07, 6.45) is 0. The van der Waals surface area contributed by atoms with Crippen molar-refractivity contribution in [3.63, 3.8) is 0 Å². The second kappa shape index (κ2) is 7.23. The minimum atomic E-state index is 0.775. The van der Waals surface area contributed by atoms with Crippen LogP contribution in [0.4, 0.5) is 11.4 Å². The topological polar surface area (TPSA) is 41.1 Å². The molecule has 1 aliphatic carbocycles. The van der Waals surface area contributed by atoms with E-state index < -0.39 is 0 Å². The summed E-state index contributed by atoms with van der Waals surface area (Å²) in [6.45, 7) is 8.34. The number of anilines is 2. The minimum absolute atomic E-state index is 0.775. The average Bonchev–Trinajstić information content (AvgIpc) is 2.67. The lowest BCUT2D eigenvalue weighted by Gasteiger charge is -2.10. The van der Waals surface area contributed by atoms with Crippen molar-refractivity contribution in [2.45, 2.75) is 20.8 Å². The second-order valence-corrected chi connectivity index (χ2v) is 6.72. The summed E-state index contributed by atoms with van der Waals surface area (Å²) in [5.74, 6) is 0.805. The molecule has 2 aromatic carbocycles. The maximum Gasteiger partial charge on any atom is 0.203 e. The lowest BCUT2D eigenvalue weighted by molar-refractivity contribution is 0.600. The zero-order valence-electron chi connectivity index (χ0n) is 16.0. The van der Waals surface area contributed by atoms with Crippen LogP contribution in [0.2, 0.25) is 0 Å². The first-order valence-corrected chi connectivity index (χ1v) is 9.42. The molecule has 0 atom stereocenters. The third kappa shape index (κ3) is 3.56. The number of hydrogen-bond donors (Lipinski definition) is 1. The van der Waals surface area contributed by atoms with Gasteiger partial charge in [0.15, 0.2) is 11.3 Å². The van der Waals surface area contributed by atoms with Crippen molar-refractivity contribution >= 4 is 22.5 Å². The third-order valence-corrected chi connectivity index (χ3v) is 4.80. The van der Waals surface area contributed by atoms with E-state index in [4.69, 9.17) is 9.40 Å². The van der Waals surface area contributed by atoms with E-state index in [2.05, 4.69) is 61.0 Å². The van der Waals surface area contributed by atoms with Gasteiger partial charge in [-0.1, -0.05) is 12.1 Å². The molecule has 0 radical (unpaired) electrons. The lowest BCUT2D eigenvalue weighted by Crippen LogP contribution is -2.29. The van der Waals surface area contributed by atoms with E-state index in [9.17, 15) is 0 Å². The van der Waals surface area contributed by atoms with Crippen LogP contribution in [0.25, 0.3) is 22.6 Å². The molecule has 0 bridgehead atoms. The number of hydrogen-bond acceptors (Lipinski definition) is 3. The van der Waals surface area contributed by atoms with Gasteiger partial charge in [-0.3, -0.25) is 0 Å². The molecule has 0 spiro atoms. The summed E-state index contributed by atoms with van der Waals surface area (Å²) >= 11 is 0. The number of fused-ring (bicyclic) bond motifs is 2. The molecule has 27 heavy (non-hydrogen) atoms. The molecule has 4 rings (SSSR count). The first kappa shape index (κ1) is 17.3. The van der Waals surface area contributed by atoms with Crippen LogP contribution in [-0.2, 0) is 0 Å². The molecule has 1 N–H and O–H groups in total. The fourth-order valence-electron chi connectivity index (χ4n) is 3.37. The van der Waals surface area contributed by atoms with Gasteiger partial charge in [-0.15, -0.1) is 0 Å². The number of benzene rings is 3. The Morgan fingerprint density at radius 3 is 2.52 bits per heavy atom. The molecule has 2 aliphatic rings. The summed E-state index contributed by atoms with van der Waals surface area (Å²) < 4.78 is 8.50. The largest absolute Gasteiger partial charge is 0.452 e. The summed E-state index contributed by atoms with van der Waals surface area (Å²) in [5, 5.41) is 4.60. The zero-order valence-corrected chi connectivity index (χ0v) is 16.0. The average molecular weight is 358 g/mol. The molecule has 4 heteroatoms. The summed E-state index contributed by atoms with van der Waals surface area (Å²) in [6, 6.07) is 20.6. The Bertz CT molecular complexity index is 1140. The highest BCUT2D eigenvalue weighted by molar-refractivity contribution is 5.81. The SMILES string of the molecule is CC[N+](CC)=c1ccc2nc3ccc(Nc4cccc(C)c4)cc3oc-2c1. The summed E-state index contributed by atoms with van der Waals surface area (Å²) in [4.78, 5) is 4.75. The van der Waals surface area contributed by atoms with Crippen molar-refractivity contribution in [2.24, 2.45) is 0 Å². The van der Waals surface area contributed by atoms with Crippen molar-refractivity contribution in [3.05, 3.63) is 71.6 Å². The van der Waals surface area contributed by atoms with Crippen molar-refractivity contribution in [2.75, 3.05) is 18.4 Å². The Morgan fingerprint density at radius 1 is 0.926 bits per heavy atom. The van der Waals surface area contributed by atoms with E-state index >= 15 is 0 Å². The van der Waals surface area contributed by atoms with E-state index in [-0.39, 0.29) is 0 Å². The van der Waals surface area contributed by atoms with E-state index in [0.717, 1.165) is 52.4 Å². The van der Waals surface area contributed by atoms with E-state index in [1.165, 1.54) is 5.56 Å². The number of aromatic nitrogens is 1. The van der Waals surface area contributed by atoms with Gasteiger partial charge in [0, 0.05) is 23.5 Å². The fourth-order valence-corrected chi connectivity index (χ4v) is 3.37. The predicted molar refractivity (Wildman–Crippen MR) is 111 cm³/mol. The van der Waals surface area contributed by atoms with E-state index in [1.807, 2.05) is 30.3 Å². The first-order chi connectivity index (χ1) is 13.2. The van der Waals surface area contributed by atoms with Gasteiger partial charge >= 0.3 is 0 Å². The summed E-state index contributed by atoms with van der Waals surface area (Å²) in [5.41, 5.74) is 5.77. The minimum Gasteiger partial charge on any atom is -0.452 e. The summed E-state index contributed by atoms with van der Waals surface area (Å²) in [7, 11) is 0. The maximum absolute atomic E-state index is 6.20. The highest BCUT2D eigenvalue weighted by Gasteiger charge is 2.12. The van der Waals surface area contributed by atoms with Crippen molar-refractivity contribution in [1.29, 1.82) is 0 Å². The third-order valence-electron chi connectivity index (χ3n) is 4.80. The molecule has 136 valence electrons. The first-order valence-electron chi connectivity index (χ1n) is 9.42. The molecule has 2 aromatic rings. The monoisotopic (exact) mass is 358 g/mol. The number of aryl methyl sites for hydroxylation is 1. The Balaban J connectivity index is 1.79. The maximum atomic E-state index is 6.20. The smallest absolute Gasteiger partial charge is 0.203 e. The van der Waals surface area contributed by atoms with Gasteiger partial charge in [0.25, 0.3) is 0 Å². The molecule has 0 unspecified atom stereocenters. The quantitative estimate of drug-likeness (QED) is 0.421. The molecule has 1 heterocycles. The lowest BCUT2D eigenvalue weighted by atomic mass is 10.2. The molecule has 0 saturated heterocycles.